The number of benzene rings is 3. The summed E-state index contributed by atoms with van der Waals surface area (Å²) in [5.41, 5.74) is -0.460. The number of rotatable bonds is 6. The van der Waals surface area contributed by atoms with E-state index in [0.717, 1.165) is 34.5 Å². The van der Waals surface area contributed by atoms with Gasteiger partial charge in [-0.05, 0) is 54.6 Å². The molecule has 0 spiro atoms. The van der Waals surface area contributed by atoms with Gasteiger partial charge in [-0.1, -0.05) is 35.5 Å². The molecular formula is C25H18ClF3N4O3S. The second-order valence-electron chi connectivity index (χ2n) is 7.81. The first-order valence-corrected chi connectivity index (χ1v) is 12.1. The molecule has 7 nitrogen and oxygen atoms in total. The van der Waals surface area contributed by atoms with Crippen LogP contribution in [0.4, 0.5) is 24.5 Å². The number of fused-ring (bicyclic) bond motifs is 1. The maximum Gasteiger partial charge on any atom is 0.416 e. The predicted octanol–water partition coefficient (Wildman–Crippen LogP) is 5.75. The average Bonchev–Trinajstić information content (AvgIpc) is 2.84. The lowest BCUT2D eigenvalue weighted by Gasteiger charge is -2.16. The van der Waals surface area contributed by atoms with Crippen molar-refractivity contribution in [3.8, 4) is 5.69 Å². The molecule has 12 heteroatoms. The summed E-state index contributed by atoms with van der Waals surface area (Å²) in [6, 6.07) is 15.5. The van der Waals surface area contributed by atoms with E-state index in [2.05, 4.69) is 15.6 Å². The van der Waals surface area contributed by atoms with Crippen molar-refractivity contribution in [1.82, 2.24) is 9.55 Å². The zero-order chi connectivity index (χ0) is 26.7. The third-order valence-electron chi connectivity index (χ3n) is 5.08. The summed E-state index contributed by atoms with van der Waals surface area (Å²) < 4.78 is 41.2. The molecule has 0 saturated carbocycles. The van der Waals surface area contributed by atoms with Crippen LogP contribution in [-0.2, 0) is 15.8 Å². The molecule has 0 unspecified atom stereocenters. The normalized spacial score (nSPS) is 11.4. The molecule has 0 aliphatic heterocycles. The monoisotopic (exact) mass is 546 g/mol. The Morgan fingerprint density at radius 2 is 1.65 bits per heavy atom. The lowest BCUT2D eigenvalue weighted by molar-refractivity contribution is -0.137. The third kappa shape index (κ3) is 6.12. The third-order valence-corrected chi connectivity index (χ3v) is 6.34. The smallest absolute Gasteiger partial charge is 0.326 e. The number of nitrogens with one attached hydrogen (secondary N) is 2. The van der Waals surface area contributed by atoms with E-state index < -0.39 is 23.2 Å². The van der Waals surface area contributed by atoms with E-state index in [1.165, 1.54) is 13.0 Å². The Kier molecular flexibility index (Phi) is 7.55. The Morgan fingerprint density at radius 3 is 2.30 bits per heavy atom. The van der Waals surface area contributed by atoms with Crippen molar-refractivity contribution >= 4 is 57.5 Å². The fourth-order valence-corrected chi connectivity index (χ4v) is 4.46. The molecule has 0 bridgehead atoms. The topological polar surface area (TPSA) is 93.1 Å². The molecule has 190 valence electrons. The highest BCUT2D eigenvalue weighted by atomic mass is 35.5. The van der Waals surface area contributed by atoms with Crippen molar-refractivity contribution in [2.45, 2.75) is 18.3 Å². The minimum absolute atomic E-state index is 0.00100. The molecule has 0 fully saturated rings. The number of aromatic nitrogens is 2. The Hall–Kier alpha value is -3.83. The van der Waals surface area contributed by atoms with E-state index in [-0.39, 0.29) is 32.9 Å². The molecular weight excluding hydrogens is 529 g/mol. The van der Waals surface area contributed by atoms with Crippen molar-refractivity contribution in [2.24, 2.45) is 0 Å². The van der Waals surface area contributed by atoms with Crippen LogP contribution in [0.15, 0.2) is 76.7 Å². The van der Waals surface area contributed by atoms with Crippen molar-refractivity contribution in [2.75, 3.05) is 16.4 Å². The second kappa shape index (κ2) is 10.7. The molecule has 1 heterocycles. The molecule has 0 aliphatic rings. The van der Waals surface area contributed by atoms with E-state index in [1.807, 2.05) is 0 Å². The molecule has 3 aromatic carbocycles. The van der Waals surface area contributed by atoms with Gasteiger partial charge in [0.25, 0.3) is 5.56 Å². The number of halogens is 4. The molecule has 37 heavy (non-hydrogen) atoms. The summed E-state index contributed by atoms with van der Waals surface area (Å²) in [4.78, 5) is 41.5. The van der Waals surface area contributed by atoms with Crippen LogP contribution in [0.25, 0.3) is 16.6 Å². The Morgan fingerprint density at radius 1 is 1.00 bits per heavy atom. The van der Waals surface area contributed by atoms with Gasteiger partial charge in [-0.2, -0.15) is 13.2 Å². The quantitative estimate of drug-likeness (QED) is 0.237. The standard InChI is InChI=1S/C25H18ClF3N4O3S/c1-14(34)30-16-7-9-17(10-8-16)31-22(35)13-37-24-32-20-5-3-2-4-18(20)23(36)33(24)21-12-15(25(27,28)29)6-11-19(21)26/h2-12H,13H2,1H3,(H,30,34)(H,31,35). The van der Waals surface area contributed by atoms with Gasteiger partial charge in [0.2, 0.25) is 11.8 Å². The average molecular weight is 547 g/mol. The molecule has 4 aromatic rings. The lowest BCUT2D eigenvalue weighted by atomic mass is 10.2. The first-order valence-electron chi connectivity index (χ1n) is 10.7. The number of para-hydroxylation sites is 1. The second-order valence-corrected chi connectivity index (χ2v) is 9.16. The van der Waals surface area contributed by atoms with Gasteiger partial charge in [-0.3, -0.25) is 19.0 Å². The minimum atomic E-state index is -4.66. The van der Waals surface area contributed by atoms with Gasteiger partial charge >= 0.3 is 6.18 Å². The van der Waals surface area contributed by atoms with Crippen molar-refractivity contribution in [3.63, 3.8) is 0 Å². The first-order chi connectivity index (χ1) is 17.5. The Balaban J connectivity index is 1.66. The number of alkyl halides is 3. The van der Waals surface area contributed by atoms with Crippen LogP contribution >= 0.6 is 23.4 Å². The van der Waals surface area contributed by atoms with Crippen LogP contribution in [0.1, 0.15) is 12.5 Å². The SMILES string of the molecule is CC(=O)Nc1ccc(NC(=O)CSc2nc3ccccc3c(=O)n2-c2cc(C(F)(F)F)ccc2Cl)cc1. The van der Waals surface area contributed by atoms with Crippen molar-refractivity contribution in [3.05, 3.63) is 87.7 Å². The largest absolute Gasteiger partial charge is 0.416 e. The summed E-state index contributed by atoms with van der Waals surface area (Å²) in [6.45, 7) is 1.37. The zero-order valence-electron chi connectivity index (χ0n) is 19.1. The molecule has 2 amide bonds. The van der Waals surface area contributed by atoms with Gasteiger partial charge < -0.3 is 10.6 Å². The maximum absolute atomic E-state index is 13.4. The number of anilines is 2. The van der Waals surface area contributed by atoms with Gasteiger partial charge in [0.1, 0.15) is 0 Å². The van der Waals surface area contributed by atoms with Gasteiger partial charge in [0.15, 0.2) is 5.16 Å². The number of hydrogen-bond donors (Lipinski definition) is 2. The van der Waals surface area contributed by atoms with E-state index in [9.17, 15) is 27.6 Å². The molecule has 4 rings (SSSR count). The van der Waals surface area contributed by atoms with Crippen LogP contribution in [0.2, 0.25) is 5.02 Å². The highest BCUT2D eigenvalue weighted by Crippen LogP contribution is 2.34. The van der Waals surface area contributed by atoms with Crippen LogP contribution in [0.3, 0.4) is 0 Å². The highest BCUT2D eigenvalue weighted by Gasteiger charge is 2.31. The van der Waals surface area contributed by atoms with Crippen LogP contribution in [-0.4, -0.2) is 27.1 Å². The highest BCUT2D eigenvalue weighted by molar-refractivity contribution is 7.99. The molecule has 0 saturated heterocycles. The number of thioether (sulfide) groups is 1. The summed E-state index contributed by atoms with van der Waals surface area (Å²) in [6.07, 6.45) is -4.66. The maximum atomic E-state index is 13.4. The number of nitrogens with zero attached hydrogens (tertiary/aromatic N) is 2. The van der Waals surface area contributed by atoms with Gasteiger partial charge in [0, 0.05) is 18.3 Å². The van der Waals surface area contributed by atoms with Crippen molar-refractivity contribution in [1.29, 1.82) is 0 Å². The summed E-state index contributed by atoms with van der Waals surface area (Å²) in [5, 5.41) is 5.40. The number of hydrogen-bond acceptors (Lipinski definition) is 5. The van der Waals surface area contributed by atoms with Gasteiger partial charge in [-0.25, -0.2) is 4.98 Å². The van der Waals surface area contributed by atoms with Crippen LogP contribution in [0.5, 0.6) is 0 Å². The lowest BCUT2D eigenvalue weighted by Crippen LogP contribution is -2.23. The Labute approximate surface area is 217 Å². The van der Waals surface area contributed by atoms with Crippen molar-refractivity contribution < 1.29 is 22.8 Å². The Bertz CT molecular complexity index is 1560. The predicted molar refractivity (Wildman–Crippen MR) is 137 cm³/mol. The summed E-state index contributed by atoms with van der Waals surface area (Å²) >= 11 is 7.10. The van der Waals surface area contributed by atoms with Gasteiger partial charge in [0.05, 0.1) is 32.9 Å². The summed E-state index contributed by atoms with van der Waals surface area (Å²) in [5.74, 6) is -0.876. The van der Waals surface area contributed by atoms with E-state index in [0.29, 0.717) is 16.9 Å². The van der Waals surface area contributed by atoms with Crippen LogP contribution < -0.4 is 16.2 Å². The fraction of sp³-hybridized carbons (Fsp3) is 0.120. The molecule has 0 atom stereocenters. The number of amides is 2. The van der Waals surface area contributed by atoms with E-state index >= 15 is 0 Å². The molecule has 0 aliphatic carbocycles. The molecule has 0 radical (unpaired) electrons. The number of carbonyl (C=O) groups excluding carboxylic acids is 2. The number of carbonyl (C=O) groups is 2. The van der Waals surface area contributed by atoms with Gasteiger partial charge in [-0.15, -0.1) is 0 Å². The first kappa shape index (κ1) is 26.2. The minimum Gasteiger partial charge on any atom is -0.326 e. The molecule has 1 aromatic heterocycles. The van der Waals surface area contributed by atoms with Crippen LogP contribution in [0, 0.1) is 0 Å². The van der Waals surface area contributed by atoms with E-state index in [1.54, 1.807) is 42.5 Å². The zero-order valence-corrected chi connectivity index (χ0v) is 20.7. The van der Waals surface area contributed by atoms with E-state index in [4.69, 9.17) is 11.6 Å². The molecule has 2 N–H and O–H groups in total. The summed E-state index contributed by atoms with van der Waals surface area (Å²) in [7, 11) is 0. The fourth-order valence-electron chi connectivity index (χ4n) is 3.45.